The Labute approximate surface area is 325 Å². The highest BCUT2D eigenvalue weighted by Crippen LogP contribution is 2.62. The number of hydrogen-bond donors (Lipinski definition) is 0. The standard InChI is InChI=1S/C52H33N3O/c1-3-11-36(12-4-1)47-33-48(37-13-5-2-6-14-37)55-51(54-47)38-21-19-34(20-22-38)39-23-25-43-41(31-39)42-32-40(35-27-29-53-30-28-35)24-26-44(42)52(43)45-15-7-9-17-49(45)56-50-18-10-8-16-46(50)52/h1-33H. The van der Waals surface area contributed by atoms with Crippen LogP contribution in [0.15, 0.2) is 200 Å². The van der Waals surface area contributed by atoms with Crippen LogP contribution in [0.5, 0.6) is 11.5 Å². The van der Waals surface area contributed by atoms with E-state index in [1.54, 1.807) is 0 Å². The molecule has 56 heavy (non-hydrogen) atoms. The molecule has 11 rings (SSSR count). The molecule has 0 saturated carbocycles. The smallest absolute Gasteiger partial charge is 0.160 e. The van der Waals surface area contributed by atoms with Gasteiger partial charge < -0.3 is 4.74 Å². The summed E-state index contributed by atoms with van der Waals surface area (Å²) < 4.78 is 6.58. The van der Waals surface area contributed by atoms with E-state index in [0.717, 1.165) is 73.0 Å². The molecule has 0 radical (unpaired) electrons. The fourth-order valence-electron chi connectivity index (χ4n) is 8.71. The van der Waals surface area contributed by atoms with Crippen molar-refractivity contribution < 1.29 is 4.74 Å². The zero-order chi connectivity index (χ0) is 37.1. The van der Waals surface area contributed by atoms with E-state index in [1.807, 2.05) is 48.8 Å². The van der Waals surface area contributed by atoms with Crippen LogP contribution in [0, 0.1) is 0 Å². The van der Waals surface area contributed by atoms with Crippen LogP contribution in [-0.2, 0) is 5.41 Å². The van der Waals surface area contributed by atoms with E-state index in [9.17, 15) is 0 Å². The van der Waals surface area contributed by atoms with Crippen LogP contribution in [-0.4, -0.2) is 15.0 Å². The number of benzene rings is 7. The molecule has 0 bridgehead atoms. The van der Waals surface area contributed by atoms with Gasteiger partial charge in [-0.15, -0.1) is 0 Å². The molecule has 9 aromatic rings. The summed E-state index contributed by atoms with van der Waals surface area (Å²) in [5, 5.41) is 0. The second-order valence-electron chi connectivity index (χ2n) is 14.4. The van der Waals surface area contributed by atoms with Crippen LogP contribution in [0.1, 0.15) is 22.3 Å². The molecule has 2 aliphatic rings. The maximum atomic E-state index is 6.58. The molecule has 1 aliphatic heterocycles. The first-order chi connectivity index (χ1) is 27.7. The minimum atomic E-state index is -0.535. The minimum Gasteiger partial charge on any atom is -0.457 e. The monoisotopic (exact) mass is 715 g/mol. The van der Waals surface area contributed by atoms with Crippen LogP contribution in [0.4, 0.5) is 0 Å². The zero-order valence-electron chi connectivity index (χ0n) is 30.3. The highest BCUT2D eigenvalue weighted by atomic mass is 16.5. The van der Waals surface area contributed by atoms with E-state index in [2.05, 4.69) is 157 Å². The average molecular weight is 716 g/mol. The third-order valence-electron chi connectivity index (χ3n) is 11.3. The normalized spacial score (nSPS) is 12.9. The van der Waals surface area contributed by atoms with Crippen molar-refractivity contribution >= 4 is 0 Å². The second-order valence-corrected chi connectivity index (χ2v) is 14.4. The number of fused-ring (bicyclic) bond motifs is 9. The third-order valence-corrected chi connectivity index (χ3v) is 11.3. The highest BCUT2D eigenvalue weighted by Gasteiger charge is 2.51. The van der Waals surface area contributed by atoms with Crippen LogP contribution in [0.2, 0.25) is 0 Å². The van der Waals surface area contributed by atoms with E-state index in [1.165, 1.54) is 22.3 Å². The third kappa shape index (κ3) is 5.04. The number of aromatic nitrogens is 3. The van der Waals surface area contributed by atoms with Crippen molar-refractivity contribution in [2.24, 2.45) is 0 Å². The molecular weight excluding hydrogens is 683 g/mol. The van der Waals surface area contributed by atoms with Crippen molar-refractivity contribution in [2.45, 2.75) is 5.41 Å². The fraction of sp³-hybridized carbons (Fsp3) is 0.0192. The molecule has 0 N–H and O–H groups in total. The van der Waals surface area contributed by atoms with Crippen molar-refractivity contribution in [2.75, 3.05) is 0 Å². The van der Waals surface area contributed by atoms with E-state index < -0.39 is 5.41 Å². The molecule has 0 unspecified atom stereocenters. The highest BCUT2D eigenvalue weighted by molar-refractivity contribution is 5.92. The second kappa shape index (κ2) is 12.9. The maximum Gasteiger partial charge on any atom is 0.160 e. The van der Waals surface area contributed by atoms with Crippen molar-refractivity contribution in [3.05, 3.63) is 223 Å². The molecule has 1 spiro atoms. The van der Waals surface area contributed by atoms with Gasteiger partial charge in [0.1, 0.15) is 11.5 Å². The number of pyridine rings is 1. The Hall–Kier alpha value is -7.43. The maximum absolute atomic E-state index is 6.58. The molecule has 0 amide bonds. The summed E-state index contributed by atoms with van der Waals surface area (Å²) in [6, 6.07) is 66.4. The lowest BCUT2D eigenvalue weighted by Gasteiger charge is -2.39. The van der Waals surface area contributed by atoms with Gasteiger partial charge in [-0.1, -0.05) is 146 Å². The summed E-state index contributed by atoms with van der Waals surface area (Å²) in [5.74, 6) is 2.47. The lowest BCUT2D eigenvalue weighted by Crippen LogP contribution is -2.32. The molecule has 4 heteroatoms. The largest absolute Gasteiger partial charge is 0.457 e. The van der Waals surface area contributed by atoms with E-state index >= 15 is 0 Å². The number of rotatable bonds is 5. The first kappa shape index (κ1) is 32.0. The summed E-state index contributed by atoms with van der Waals surface area (Å²) in [4.78, 5) is 14.4. The minimum absolute atomic E-state index is 0.535. The van der Waals surface area contributed by atoms with Crippen LogP contribution < -0.4 is 4.74 Å². The summed E-state index contributed by atoms with van der Waals surface area (Å²) >= 11 is 0. The van der Waals surface area contributed by atoms with Crippen LogP contribution in [0.3, 0.4) is 0 Å². The first-order valence-electron chi connectivity index (χ1n) is 18.9. The quantitative estimate of drug-likeness (QED) is 0.178. The van der Waals surface area contributed by atoms with Crippen LogP contribution >= 0.6 is 0 Å². The Morgan fingerprint density at radius 1 is 0.339 bits per heavy atom. The summed E-state index contributed by atoms with van der Waals surface area (Å²) in [5.41, 5.74) is 16.2. The molecular formula is C52H33N3O. The van der Waals surface area contributed by atoms with Gasteiger partial charge in [0.15, 0.2) is 5.82 Å². The Morgan fingerprint density at radius 2 is 0.786 bits per heavy atom. The molecule has 0 saturated heterocycles. The van der Waals surface area contributed by atoms with Crippen molar-refractivity contribution in [1.29, 1.82) is 0 Å². The molecule has 1 aliphatic carbocycles. The van der Waals surface area contributed by atoms with Crippen LogP contribution in [0.25, 0.3) is 67.3 Å². The molecule has 7 aromatic carbocycles. The van der Waals surface area contributed by atoms with E-state index in [-0.39, 0.29) is 0 Å². The Balaban J connectivity index is 1.06. The molecule has 2 aromatic heterocycles. The molecule has 0 fully saturated rings. The van der Waals surface area contributed by atoms with Gasteiger partial charge in [0.2, 0.25) is 0 Å². The van der Waals surface area contributed by atoms with Gasteiger partial charge in [-0.25, -0.2) is 9.97 Å². The lowest BCUT2D eigenvalue weighted by atomic mass is 9.66. The number of para-hydroxylation sites is 2. The van der Waals surface area contributed by atoms with Crippen molar-refractivity contribution in [3.8, 4) is 78.8 Å². The van der Waals surface area contributed by atoms with E-state index in [0.29, 0.717) is 5.82 Å². The summed E-state index contributed by atoms with van der Waals surface area (Å²) in [6.07, 6.45) is 3.71. The molecule has 3 heterocycles. The SMILES string of the molecule is c1ccc(-c2cc(-c3ccccc3)nc(-c3ccc(-c4ccc5c(c4)-c4cc(-c6ccncc6)ccc4C54c5ccccc5Oc5ccccc54)cc3)n2)cc1. The van der Waals surface area contributed by atoms with Crippen molar-refractivity contribution in [1.82, 2.24) is 15.0 Å². The Kier molecular flexibility index (Phi) is 7.36. The number of nitrogens with zero attached hydrogens (tertiary/aromatic N) is 3. The lowest BCUT2D eigenvalue weighted by molar-refractivity contribution is 0.436. The average Bonchev–Trinajstić information content (AvgIpc) is 3.56. The Bertz CT molecular complexity index is 2820. The first-order valence-corrected chi connectivity index (χ1v) is 18.9. The summed E-state index contributed by atoms with van der Waals surface area (Å²) in [6.45, 7) is 0. The van der Waals surface area contributed by atoms with Gasteiger partial charge in [-0.05, 0) is 87.0 Å². The topological polar surface area (TPSA) is 47.9 Å². The Morgan fingerprint density at radius 3 is 1.32 bits per heavy atom. The molecule has 4 nitrogen and oxygen atoms in total. The van der Waals surface area contributed by atoms with Gasteiger partial charge in [-0.3, -0.25) is 4.98 Å². The van der Waals surface area contributed by atoms with Gasteiger partial charge in [0.05, 0.1) is 16.8 Å². The van der Waals surface area contributed by atoms with Gasteiger partial charge in [0, 0.05) is 40.2 Å². The fourth-order valence-corrected chi connectivity index (χ4v) is 8.71. The molecule has 0 atom stereocenters. The van der Waals surface area contributed by atoms with Gasteiger partial charge in [0.25, 0.3) is 0 Å². The summed E-state index contributed by atoms with van der Waals surface area (Å²) in [7, 11) is 0. The molecule has 262 valence electrons. The number of ether oxygens (including phenoxy) is 1. The van der Waals surface area contributed by atoms with Gasteiger partial charge in [-0.2, -0.15) is 0 Å². The predicted octanol–water partition coefficient (Wildman–Crippen LogP) is 12.7. The predicted molar refractivity (Wildman–Crippen MR) is 224 cm³/mol. The van der Waals surface area contributed by atoms with E-state index in [4.69, 9.17) is 14.7 Å². The number of hydrogen-bond acceptors (Lipinski definition) is 4. The van der Waals surface area contributed by atoms with Crippen molar-refractivity contribution in [3.63, 3.8) is 0 Å². The van der Waals surface area contributed by atoms with Gasteiger partial charge >= 0.3 is 0 Å². The zero-order valence-corrected chi connectivity index (χ0v) is 30.3.